The van der Waals surface area contributed by atoms with E-state index in [4.69, 9.17) is 4.74 Å². The lowest BCUT2D eigenvalue weighted by Gasteiger charge is -2.30. The zero-order chi connectivity index (χ0) is 21.7. The predicted molar refractivity (Wildman–Crippen MR) is 113 cm³/mol. The van der Waals surface area contributed by atoms with Crippen LogP contribution < -0.4 is 10.1 Å². The van der Waals surface area contributed by atoms with Gasteiger partial charge in [0, 0.05) is 24.7 Å². The molecular formula is C22H27FN2O4S. The van der Waals surface area contributed by atoms with Crippen molar-refractivity contribution in [2.24, 2.45) is 11.8 Å². The Hall–Kier alpha value is -2.45. The van der Waals surface area contributed by atoms with Gasteiger partial charge in [-0.15, -0.1) is 0 Å². The molecule has 1 aliphatic rings. The first kappa shape index (κ1) is 22.2. The highest BCUT2D eigenvalue weighted by atomic mass is 32.2. The summed E-state index contributed by atoms with van der Waals surface area (Å²) in [6.45, 7) is 5.20. The van der Waals surface area contributed by atoms with Crippen molar-refractivity contribution in [3.8, 4) is 5.75 Å². The summed E-state index contributed by atoms with van der Waals surface area (Å²) in [6, 6.07) is 12.0. The third-order valence-corrected chi connectivity index (χ3v) is 6.89. The Bertz CT molecular complexity index is 952. The maximum absolute atomic E-state index is 13.0. The third-order valence-electron chi connectivity index (χ3n) is 4.98. The van der Waals surface area contributed by atoms with Crippen molar-refractivity contribution in [1.29, 1.82) is 0 Å². The number of anilines is 1. The summed E-state index contributed by atoms with van der Waals surface area (Å²) < 4.78 is 45.8. The number of sulfonamides is 1. The fraction of sp³-hybridized carbons (Fsp3) is 0.409. The summed E-state index contributed by atoms with van der Waals surface area (Å²) in [5, 5.41) is 2.76. The number of carbonyl (C=O) groups excluding carboxylic acids is 1. The van der Waals surface area contributed by atoms with Crippen molar-refractivity contribution >= 4 is 21.6 Å². The van der Waals surface area contributed by atoms with E-state index in [0.29, 0.717) is 36.8 Å². The van der Waals surface area contributed by atoms with Gasteiger partial charge in [0.15, 0.2) is 0 Å². The van der Waals surface area contributed by atoms with E-state index in [1.807, 2.05) is 13.8 Å². The Labute approximate surface area is 177 Å². The summed E-state index contributed by atoms with van der Waals surface area (Å²) in [5.41, 5.74) is 0.524. The van der Waals surface area contributed by atoms with Crippen molar-refractivity contribution in [3.63, 3.8) is 0 Å². The molecule has 0 bridgehead atoms. The van der Waals surface area contributed by atoms with Crippen LogP contribution in [0.1, 0.15) is 26.7 Å². The first-order valence-corrected chi connectivity index (χ1v) is 11.5. The molecule has 0 atom stereocenters. The number of rotatable bonds is 7. The van der Waals surface area contributed by atoms with Gasteiger partial charge in [0.2, 0.25) is 15.9 Å². The molecule has 6 nitrogen and oxygen atoms in total. The molecule has 1 aliphatic heterocycles. The van der Waals surface area contributed by atoms with Gasteiger partial charge < -0.3 is 10.1 Å². The van der Waals surface area contributed by atoms with Crippen LogP contribution in [-0.2, 0) is 14.8 Å². The lowest BCUT2D eigenvalue weighted by molar-refractivity contribution is -0.120. The number of carbonyl (C=O) groups is 1. The van der Waals surface area contributed by atoms with Gasteiger partial charge in [-0.2, -0.15) is 4.31 Å². The normalized spacial score (nSPS) is 15.9. The highest BCUT2D eigenvalue weighted by Gasteiger charge is 2.32. The number of amides is 1. The molecule has 1 N–H and O–H groups in total. The molecule has 0 unspecified atom stereocenters. The van der Waals surface area contributed by atoms with E-state index in [2.05, 4.69) is 5.32 Å². The summed E-state index contributed by atoms with van der Waals surface area (Å²) in [4.78, 5) is 12.7. The molecule has 2 aromatic rings. The molecule has 8 heteroatoms. The topological polar surface area (TPSA) is 75.7 Å². The third kappa shape index (κ3) is 5.58. The van der Waals surface area contributed by atoms with E-state index in [9.17, 15) is 17.6 Å². The highest BCUT2D eigenvalue weighted by molar-refractivity contribution is 7.89. The van der Waals surface area contributed by atoms with Crippen molar-refractivity contribution in [2.75, 3.05) is 25.0 Å². The van der Waals surface area contributed by atoms with Gasteiger partial charge in [-0.1, -0.05) is 13.8 Å². The van der Waals surface area contributed by atoms with Crippen molar-refractivity contribution in [1.82, 2.24) is 4.31 Å². The first-order chi connectivity index (χ1) is 14.3. The SMILES string of the molecule is CC(C)COc1ccc(S(=O)(=O)N2CCC(C(=O)Nc3ccc(F)cc3)CC2)cc1. The molecule has 0 spiro atoms. The number of hydrogen-bond acceptors (Lipinski definition) is 4. The maximum atomic E-state index is 13.0. The first-order valence-electron chi connectivity index (χ1n) is 10.0. The Morgan fingerprint density at radius 3 is 2.27 bits per heavy atom. The Balaban J connectivity index is 1.56. The summed E-state index contributed by atoms with van der Waals surface area (Å²) in [7, 11) is -3.62. The van der Waals surface area contributed by atoms with Crippen LogP contribution in [0.4, 0.5) is 10.1 Å². The second kappa shape index (κ2) is 9.57. The van der Waals surface area contributed by atoms with E-state index >= 15 is 0 Å². The van der Waals surface area contributed by atoms with Crippen LogP contribution in [0.5, 0.6) is 5.75 Å². The molecule has 0 aromatic heterocycles. The molecule has 0 saturated carbocycles. The van der Waals surface area contributed by atoms with Crippen LogP contribution in [0.15, 0.2) is 53.4 Å². The Morgan fingerprint density at radius 2 is 1.70 bits per heavy atom. The number of hydrogen-bond donors (Lipinski definition) is 1. The van der Waals surface area contributed by atoms with E-state index in [1.54, 1.807) is 24.3 Å². The molecule has 1 amide bonds. The second-order valence-corrected chi connectivity index (χ2v) is 9.79. The second-order valence-electron chi connectivity index (χ2n) is 7.85. The van der Waals surface area contributed by atoms with Gasteiger partial charge in [-0.25, -0.2) is 12.8 Å². The minimum absolute atomic E-state index is 0.176. The molecule has 1 saturated heterocycles. The molecule has 0 aliphatic carbocycles. The number of nitrogens with one attached hydrogen (secondary N) is 1. The Morgan fingerprint density at radius 1 is 1.10 bits per heavy atom. The lowest BCUT2D eigenvalue weighted by atomic mass is 9.97. The van der Waals surface area contributed by atoms with E-state index < -0.39 is 10.0 Å². The minimum atomic E-state index is -3.62. The summed E-state index contributed by atoms with van der Waals surface area (Å²) in [6.07, 6.45) is 0.865. The molecule has 1 heterocycles. The van der Waals surface area contributed by atoms with Crippen LogP contribution in [0.25, 0.3) is 0 Å². The van der Waals surface area contributed by atoms with Crippen LogP contribution in [0.3, 0.4) is 0 Å². The average Bonchev–Trinajstić information content (AvgIpc) is 2.74. The summed E-state index contributed by atoms with van der Waals surface area (Å²) >= 11 is 0. The van der Waals surface area contributed by atoms with Crippen molar-refractivity contribution in [2.45, 2.75) is 31.6 Å². The van der Waals surface area contributed by atoms with Gasteiger partial charge in [0.05, 0.1) is 11.5 Å². The molecular weight excluding hydrogens is 407 g/mol. The fourth-order valence-electron chi connectivity index (χ4n) is 3.26. The Kier molecular flexibility index (Phi) is 7.10. The van der Waals surface area contributed by atoms with E-state index in [-0.39, 0.29) is 35.6 Å². The predicted octanol–water partition coefficient (Wildman–Crippen LogP) is 3.90. The van der Waals surface area contributed by atoms with E-state index in [1.165, 1.54) is 28.6 Å². The lowest BCUT2D eigenvalue weighted by Crippen LogP contribution is -2.41. The van der Waals surface area contributed by atoms with Crippen LogP contribution >= 0.6 is 0 Å². The smallest absolute Gasteiger partial charge is 0.243 e. The number of benzene rings is 2. The van der Waals surface area contributed by atoms with Crippen LogP contribution in [-0.4, -0.2) is 38.3 Å². The quantitative estimate of drug-likeness (QED) is 0.717. The fourth-order valence-corrected chi connectivity index (χ4v) is 4.73. The molecule has 0 radical (unpaired) electrons. The van der Waals surface area contributed by atoms with Crippen LogP contribution in [0.2, 0.25) is 0 Å². The zero-order valence-electron chi connectivity index (χ0n) is 17.2. The van der Waals surface area contributed by atoms with Crippen molar-refractivity contribution in [3.05, 3.63) is 54.3 Å². The number of piperidine rings is 1. The average molecular weight is 435 g/mol. The molecule has 2 aromatic carbocycles. The maximum Gasteiger partial charge on any atom is 0.243 e. The zero-order valence-corrected chi connectivity index (χ0v) is 18.0. The molecule has 3 rings (SSSR count). The molecule has 30 heavy (non-hydrogen) atoms. The van der Waals surface area contributed by atoms with Crippen LogP contribution in [0, 0.1) is 17.7 Å². The van der Waals surface area contributed by atoms with Gasteiger partial charge in [0.1, 0.15) is 11.6 Å². The van der Waals surface area contributed by atoms with Crippen molar-refractivity contribution < 1.29 is 22.3 Å². The highest BCUT2D eigenvalue weighted by Crippen LogP contribution is 2.26. The minimum Gasteiger partial charge on any atom is -0.493 e. The summed E-state index contributed by atoms with van der Waals surface area (Å²) in [5.74, 6) is 0.193. The largest absolute Gasteiger partial charge is 0.493 e. The number of halogens is 1. The van der Waals surface area contributed by atoms with Gasteiger partial charge in [-0.05, 0) is 67.3 Å². The molecule has 1 fully saturated rings. The standard InChI is InChI=1S/C22H27FN2O4S/c1-16(2)15-29-20-7-9-21(10-8-20)30(27,28)25-13-11-17(12-14-25)22(26)24-19-5-3-18(23)4-6-19/h3-10,16-17H,11-15H2,1-2H3,(H,24,26). The van der Waals surface area contributed by atoms with Gasteiger partial charge in [-0.3, -0.25) is 4.79 Å². The van der Waals surface area contributed by atoms with Gasteiger partial charge >= 0.3 is 0 Å². The number of nitrogens with zero attached hydrogens (tertiary/aromatic N) is 1. The van der Waals surface area contributed by atoms with Gasteiger partial charge in [0.25, 0.3) is 0 Å². The number of ether oxygens (including phenoxy) is 1. The monoisotopic (exact) mass is 434 g/mol. The van der Waals surface area contributed by atoms with E-state index in [0.717, 1.165) is 0 Å². The molecule has 162 valence electrons.